The predicted molar refractivity (Wildman–Crippen MR) is 43.9 cm³/mol. The molecule has 0 aromatic heterocycles. The summed E-state index contributed by atoms with van der Waals surface area (Å²) in [5, 5.41) is 0. The van der Waals surface area contributed by atoms with Gasteiger partial charge in [0.1, 0.15) is 0 Å². The number of halogens is 8. The molecule has 0 rings (SSSR count). The second-order valence-electron chi connectivity index (χ2n) is 2.37. The molecular weight excluding hydrogens is 308 g/mol. The number of alkyl halides is 6. The van der Waals surface area contributed by atoms with Crippen molar-refractivity contribution < 1.29 is 43.8 Å². The van der Waals surface area contributed by atoms with Crippen molar-refractivity contribution >= 4 is 16.9 Å². The SMILES string of the molecule is FP(/N=[PH](/F)OCC(F)(F)F)OCC(F)(F)F. The molecule has 0 aliphatic carbocycles. The summed E-state index contributed by atoms with van der Waals surface area (Å²) in [6, 6.07) is 0. The second kappa shape index (κ2) is 6.82. The van der Waals surface area contributed by atoms with Crippen LogP contribution < -0.4 is 0 Å². The zero-order valence-electron chi connectivity index (χ0n) is 7.65. The first-order valence-electron chi connectivity index (χ1n) is 3.59. The van der Waals surface area contributed by atoms with Gasteiger partial charge in [-0.15, -0.1) is 0 Å². The lowest BCUT2D eigenvalue weighted by Crippen LogP contribution is -2.14. The Hall–Kier alpha value is 0.0200. The van der Waals surface area contributed by atoms with Crippen molar-refractivity contribution in [1.29, 1.82) is 0 Å². The molecular formula is C4H5F8NO2P2. The molecule has 0 radical (unpaired) electrons. The quantitative estimate of drug-likeness (QED) is 0.551. The van der Waals surface area contributed by atoms with E-state index in [1.807, 2.05) is 0 Å². The molecule has 0 saturated heterocycles. The van der Waals surface area contributed by atoms with Gasteiger partial charge >= 0.3 is 21.0 Å². The highest BCUT2D eigenvalue weighted by Gasteiger charge is 2.31. The monoisotopic (exact) mass is 313 g/mol. The Morgan fingerprint density at radius 2 is 1.47 bits per heavy atom. The lowest BCUT2D eigenvalue weighted by molar-refractivity contribution is -0.152. The maximum Gasteiger partial charge on any atom is 0.412 e. The molecule has 0 amide bonds. The maximum atomic E-state index is 12.4. The van der Waals surface area contributed by atoms with Crippen LogP contribution in [0.15, 0.2) is 4.52 Å². The van der Waals surface area contributed by atoms with Crippen molar-refractivity contribution in [1.82, 2.24) is 0 Å². The average Bonchev–Trinajstić information content (AvgIpc) is 2.09. The van der Waals surface area contributed by atoms with Crippen LogP contribution in [-0.2, 0) is 9.05 Å². The summed E-state index contributed by atoms with van der Waals surface area (Å²) in [4.78, 5) is 0. The van der Waals surface area contributed by atoms with Gasteiger partial charge in [0.2, 0.25) is 0 Å². The minimum absolute atomic E-state index is 2.00. The highest BCUT2D eigenvalue weighted by Crippen LogP contribution is 2.50. The fraction of sp³-hybridized carbons (Fsp3) is 1.00. The van der Waals surface area contributed by atoms with Crippen molar-refractivity contribution in [2.45, 2.75) is 12.4 Å². The number of rotatable bonds is 5. The molecule has 0 saturated carbocycles. The van der Waals surface area contributed by atoms with E-state index < -0.39 is 42.4 Å². The minimum Gasteiger partial charge on any atom is -0.313 e. The molecule has 0 aromatic rings. The van der Waals surface area contributed by atoms with Crippen LogP contribution in [0.25, 0.3) is 0 Å². The van der Waals surface area contributed by atoms with Crippen LogP contribution in [0.2, 0.25) is 0 Å². The van der Waals surface area contributed by atoms with Crippen LogP contribution >= 0.6 is 16.9 Å². The van der Waals surface area contributed by atoms with E-state index in [1.54, 1.807) is 0 Å². The molecule has 0 spiro atoms. The van der Waals surface area contributed by atoms with Crippen LogP contribution in [0.1, 0.15) is 0 Å². The van der Waals surface area contributed by atoms with Crippen molar-refractivity contribution in [3.63, 3.8) is 0 Å². The molecule has 13 heteroatoms. The van der Waals surface area contributed by atoms with Crippen LogP contribution in [0.5, 0.6) is 0 Å². The second-order valence-corrected chi connectivity index (χ2v) is 4.68. The van der Waals surface area contributed by atoms with E-state index in [-0.39, 0.29) is 0 Å². The van der Waals surface area contributed by atoms with E-state index in [4.69, 9.17) is 0 Å². The minimum atomic E-state index is -4.84. The zero-order chi connectivity index (χ0) is 13.7. The van der Waals surface area contributed by atoms with Gasteiger partial charge in [-0.1, -0.05) is 0 Å². The Morgan fingerprint density at radius 1 is 1.00 bits per heavy atom. The third kappa shape index (κ3) is 12.3. The molecule has 0 fully saturated rings. The van der Waals surface area contributed by atoms with Crippen LogP contribution in [-0.4, -0.2) is 25.6 Å². The normalized spacial score (nSPS) is 17.2. The summed E-state index contributed by atoms with van der Waals surface area (Å²) in [7, 11) is -7.67. The van der Waals surface area contributed by atoms with E-state index in [0.29, 0.717) is 0 Å². The Kier molecular flexibility index (Phi) is 6.83. The Morgan fingerprint density at radius 3 is 1.88 bits per heavy atom. The summed E-state index contributed by atoms with van der Waals surface area (Å²) < 4.78 is 103. The van der Waals surface area contributed by atoms with Gasteiger partial charge in [-0.25, -0.2) is 0 Å². The molecule has 0 aliphatic rings. The highest BCUT2D eigenvalue weighted by molar-refractivity contribution is 7.53. The van der Waals surface area contributed by atoms with Crippen LogP contribution in [0, 0.1) is 0 Å². The Balaban J connectivity index is 4.03. The molecule has 3 nitrogen and oxygen atoms in total. The number of hydrogen-bond acceptors (Lipinski definition) is 3. The van der Waals surface area contributed by atoms with Crippen molar-refractivity contribution in [2.75, 3.05) is 13.2 Å². The first-order valence-corrected chi connectivity index (χ1v) is 5.92. The molecule has 2 unspecified atom stereocenters. The van der Waals surface area contributed by atoms with Crippen LogP contribution in [0.3, 0.4) is 0 Å². The van der Waals surface area contributed by atoms with E-state index in [0.717, 1.165) is 0 Å². The summed E-state index contributed by atoms with van der Waals surface area (Å²) in [6.07, 6.45) is -9.67. The Labute approximate surface area is 91.8 Å². The zero-order valence-corrected chi connectivity index (χ0v) is 9.54. The third-order valence-electron chi connectivity index (χ3n) is 0.847. The van der Waals surface area contributed by atoms with Crippen molar-refractivity contribution in [2.24, 2.45) is 4.52 Å². The molecule has 0 aliphatic heterocycles. The molecule has 104 valence electrons. The molecule has 0 bridgehead atoms. The van der Waals surface area contributed by atoms with Gasteiger partial charge in [-0.2, -0.15) is 39.3 Å². The molecule has 17 heavy (non-hydrogen) atoms. The first kappa shape index (κ1) is 17.0. The fourth-order valence-electron chi connectivity index (χ4n) is 0.387. The van der Waals surface area contributed by atoms with Crippen LogP contribution in [0.4, 0.5) is 34.7 Å². The highest BCUT2D eigenvalue weighted by atomic mass is 31.2. The molecule has 2 atom stereocenters. The van der Waals surface area contributed by atoms with Gasteiger partial charge < -0.3 is 9.05 Å². The Bertz CT molecular complexity index is 265. The van der Waals surface area contributed by atoms with E-state index >= 15 is 0 Å². The smallest absolute Gasteiger partial charge is 0.313 e. The lowest BCUT2D eigenvalue weighted by Gasteiger charge is -2.08. The largest absolute Gasteiger partial charge is 0.412 e. The lowest BCUT2D eigenvalue weighted by atomic mass is 10.7. The van der Waals surface area contributed by atoms with Gasteiger partial charge in [0, 0.05) is 0 Å². The average molecular weight is 313 g/mol. The fourth-order valence-corrected chi connectivity index (χ4v) is 1.88. The summed E-state index contributed by atoms with van der Waals surface area (Å²) in [5.41, 5.74) is 0. The molecule has 0 aromatic carbocycles. The van der Waals surface area contributed by atoms with Gasteiger partial charge in [0.15, 0.2) is 13.2 Å². The summed E-state index contributed by atoms with van der Waals surface area (Å²) in [5.74, 6) is 0. The van der Waals surface area contributed by atoms with Gasteiger partial charge in [0.25, 0.3) is 8.25 Å². The topological polar surface area (TPSA) is 30.8 Å². The maximum absolute atomic E-state index is 12.4. The van der Waals surface area contributed by atoms with E-state index in [2.05, 4.69) is 13.6 Å². The standard InChI is InChI=1S/C4H5F8NO2P2/c5-3(6,7)1-14-16(11)13-17(12)15-2-4(8,9)10/h16H,1-2H2. The molecule has 0 heterocycles. The van der Waals surface area contributed by atoms with Gasteiger partial charge in [-0.3, -0.25) is 0 Å². The van der Waals surface area contributed by atoms with E-state index in [1.165, 1.54) is 0 Å². The predicted octanol–water partition coefficient (Wildman–Crippen LogP) is 4.54. The number of hydrogen-bond donors (Lipinski definition) is 0. The third-order valence-corrected chi connectivity index (χ3v) is 2.83. The van der Waals surface area contributed by atoms with Gasteiger partial charge in [-0.05, 0) is 0 Å². The number of nitrogens with zero attached hydrogens (tertiary/aromatic N) is 1. The first-order chi connectivity index (χ1) is 7.49. The van der Waals surface area contributed by atoms with Crippen molar-refractivity contribution in [3.05, 3.63) is 0 Å². The summed E-state index contributed by atoms with van der Waals surface area (Å²) in [6.45, 7) is -4.00. The summed E-state index contributed by atoms with van der Waals surface area (Å²) >= 11 is 0. The van der Waals surface area contributed by atoms with Gasteiger partial charge in [0.05, 0.1) is 0 Å². The molecule has 0 N–H and O–H groups in total. The van der Waals surface area contributed by atoms with Crippen molar-refractivity contribution in [3.8, 4) is 0 Å². The van der Waals surface area contributed by atoms with E-state index in [9.17, 15) is 34.7 Å².